The molecular weight excluding hydrogens is 454 g/mol. The van der Waals surface area contributed by atoms with Gasteiger partial charge in [0, 0.05) is 19.7 Å². The highest BCUT2D eigenvalue weighted by atomic mass is 16.5. The monoisotopic (exact) mass is 483 g/mol. The lowest BCUT2D eigenvalue weighted by Gasteiger charge is -2.33. The molecule has 0 spiro atoms. The third-order valence-corrected chi connectivity index (χ3v) is 6.43. The fraction of sp³-hybridized carbons (Fsp3) is 0.286. The van der Waals surface area contributed by atoms with E-state index in [1.165, 1.54) is 0 Å². The number of hydrogen-bond acceptors (Lipinski definition) is 5. The van der Waals surface area contributed by atoms with Crippen LogP contribution < -0.4 is 5.32 Å². The Morgan fingerprint density at radius 3 is 2.47 bits per heavy atom. The zero-order valence-corrected chi connectivity index (χ0v) is 20.0. The van der Waals surface area contributed by atoms with Gasteiger partial charge in [0.15, 0.2) is 0 Å². The second-order valence-electron chi connectivity index (χ2n) is 8.93. The van der Waals surface area contributed by atoms with Gasteiger partial charge in [-0.05, 0) is 36.1 Å². The first kappa shape index (κ1) is 23.7. The van der Waals surface area contributed by atoms with Crippen LogP contribution in [0.15, 0.2) is 84.9 Å². The van der Waals surface area contributed by atoms with Crippen LogP contribution in [0.2, 0.25) is 0 Å². The van der Waals surface area contributed by atoms with Gasteiger partial charge in [0.1, 0.15) is 18.1 Å². The second-order valence-corrected chi connectivity index (χ2v) is 8.93. The van der Waals surface area contributed by atoms with Crippen LogP contribution in [0.4, 0.5) is 0 Å². The van der Waals surface area contributed by atoms with Crippen molar-refractivity contribution in [2.45, 2.75) is 38.1 Å². The molecule has 2 heterocycles. The molecule has 0 bridgehead atoms. The maximum Gasteiger partial charge on any atom is 0.247 e. The molecule has 1 saturated heterocycles. The summed E-state index contributed by atoms with van der Waals surface area (Å²) in [6.45, 7) is 1.33. The van der Waals surface area contributed by atoms with E-state index in [1.807, 2.05) is 84.9 Å². The molecule has 1 aliphatic rings. The van der Waals surface area contributed by atoms with Crippen LogP contribution in [0.1, 0.15) is 30.0 Å². The number of carbonyl (C=O) groups is 2. The van der Waals surface area contributed by atoms with Crippen LogP contribution in [-0.2, 0) is 27.4 Å². The lowest BCUT2D eigenvalue weighted by molar-refractivity contribution is -0.143. The molecule has 2 unspecified atom stereocenters. The third-order valence-electron chi connectivity index (χ3n) is 6.43. The van der Waals surface area contributed by atoms with Gasteiger partial charge in [0.2, 0.25) is 11.8 Å². The number of hydrogen-bond donors (Lipinski definition) is 1. The Hall–Kier alpha value is -4.04. The van der Waals surface area contributed by atoms with Crippen LogP contribution in [0.5, 0.6) is 0 Å². The smallest absolute Gasteiger partial charge is 0.247 e. The van der Waals surface area contributed by atoms with E-state index >= 15 is 0 Å². The van der Waals surface area contributed by atoms with Crippen molar-refractivity contribution in [2.75, 3.05) is 13.2 Å². The lowest BCUT2D eigenvalue weighted by Crippen LogP contribution is -2.47. The van der Waals surface area contributed by atoms with E-state index in [0.29, 0.717) is 19.7 Å². The van der Waals surface area contributed by atoms with Crippen LogP contribution in [0.3, 0.4) is 0 Å². The number of ether oxygens (including phenoxy) is 1. The lowest BCUT2D eigenvalue weighted by atomic mass is 10.0. The number of amides is 2. The molecule has 1 N–H and O–H groups in total. The SMILES string of the molecule is O=C(NCc1ccccc1)C(c1ccccc1)N(CC1CCCO1)C(=O)Cn1nnc2ccccc21. The number of nitrogens with one attached hydrogen (secondary N) is 1. The molecule has 4 aromatic rings. The average Bonchev–Trinajstić information content (AvgIpc) is 3.58. The summed E-state index contributed by atoms with van der Waals surface area (Å²) < 4.78 is 7.46. The summed E-state index contributed by atoms with van der Waals surface area (Å²) in [5, 5.41) is 11.4. The van der Waals surface area contributed by atoms with E-state index in [1.54, 1.807) is 9.58 Å². The Morgan fingerprint density at radius 2 is 1.72 bits per heavy atom. The van der Waals surface area contributed by atoms with E-state index < -0.39 is 6.04 Å². The predicted molar refractivity (Wildman–Crippen MR) is 136 cm³/mol. The summed E-state index contributed by atoms with van der Waals surface area (Å²) in [7, 11) is 0. The van der Waals surface area contributed by atoms with E-state index in [-0.39, 0.29) is 24.5 Å². The minimum Gasteiger partial charge on any atom is -0.376 e. The highest BCUT2D eigenvalue weighted by Crippen LogP contribution is 2.25. The second kappa shape index (κ2) is 11.1. The Morgan fingerprint density at radius 1 is 1.00 bits per heavy atom. The molecule has 1 fully saturated rings. The quantitative estimate of drug-likeness (QED) is 0.394. The number of para-hydroxylation sites is 1. The molecular formula is C28H29N5O3. The Kier molecular flexibility index (Phi) is 7.33. The van der Waals surface area contributed by atoms with E-state index in [9.17, 15) is 9.59 Å². The van der Waals surface area contributed by atoms with Gasteiger partial charge >= 0.3 is 0 Å². The average molecular weight is 484 g/mol. The maximum absolute atomic E-state index is 13.8. The summed E-state index contributed by atoms with van der Waals surface area (Å²) in [5.74, 6) is -0.454. The number of aromatic nitrogens is 3. The first-order valence-electron chi connectivity index (χ1n) is 12.2. The Balaban J connectivity index is 1.45. The van der Waals surface area contributed by atoms with Gasteiger partial charge in [-0.15, -0.1) is 5.10 Å². The molecule has 0 aliphatic carbocycles. The van der Waals surface area contributed by atoms with Crippen molar-refractivity contribution in [2.24, 2.45) is 0 Å². The molecule has 184 valence electrons. The predicted octanol–water partition coefficient (Wildman–Crippen LogP) is 3.50. The van der Waals surface area contributed by atoms with Crippen molar-refractivity contribution < 1.29 is 14.3 Å². The summed E-state index contributed by atoms with van der Waals surface area (Å²) in [6, 6.07) is 25.9. The van der Waals surface area contributed by atoms with Crippen LogP contribution in [-0.4, -0.2) is 51.0 Å². The summed E-state index contributed by atoms with van der Waals surface area (Å²) in [6.07, 6.45) is 1.68. The van der Waals surface area contributed by atoms with Crippen molar-refractivity contribution in [1.82, 2.24) is 25.2 Å². The van der Waals surface area contributed by atoms with Gasteiger partial charge in [-0.1, -0.05) is 78.0 Å². The maximum atomic E-state index is 13.8. The van der Waals surface area contributed by atoms with Gasteiger partial charge in [-0.3, -0.25) is 9.59 Å². The third kappa shape index (κ3) is 5.44. The van der Waals surface area contributed by atoms with Gasteiger partial charge in [-0.25, -0.2) is 4.68 Å². The number of benzene rings is 3. The molecule has 8 heteroatoms. The number of rotatable bonds is 9. The van der Waals surface area contributed by atoms with E-state index in [2.05, 4.69) is 15.6 Å². The van der Waals surface area contributed by atoms with Crippen LogP contribution in [0.25, 0.3) is 11.0 Å². The van der Waals surface area contributed by atoms with Crippen molar-refractivity contribution in [3.8, 4) is 0 Å². The van der Waals surface area contributed by atoms with Gasteiger partial charge in [0.25, 0.3) is 0 Å². The van der Waals surface area contributed by atoms with E-state index in [4.69, 9.17) is 4.74 Å². The molecule has 0 radical (unpaired) electrons. The molecule has 3 aromatic carbocycles. The largest absolute Gasteiger partial charge is 0.376 e. The fourth-order valence-corrected chi connectivity index (χ4v) is 4.60. The Bertz CT molecular complexity index is 1300. The molecule has 8 nitrogen and oxygen atoms in total. The summed E-state index contributed by atoms with van der Waals surface area (Å²) >= 11 is 0. The first-order chi connectivity index (χ1) is 17.7. The number of nitrogens with zero attached hydrogens (tertiary/aromatic N) is 4. The minimum absolute atomic E-state index is 0.0253. The van der Waals surface area contributed by atoms with Gasteiger partial charge in [0.05, 0.1) is 11.6 Å². The highest BCUT2D eigenvalue weighted by molar-refractivity contribution is 5.89. The van der Waals surface area contributed by atoms with Crippen molar-refractivity contribution in [3.63, 3.8) is 0 Å². The molecule has 36 heavy (non-hydrogen) atoms. The molecule has 1 aliphatic heterocycles. The molecule has 1 aromatic heterocycles. The van der Waals surface area contributed by atoms with Gasteiger partial charge < -0.3 is 15.0 Å². The summed E-state index contributed by atoms with van der Waals surface area (Å²) in [5.41, 5.74) is 3.23. The standard InChI is InChI=1S/C28H29N5O3/c34-26(20-33-25-16-8-7-15-24(25)30-31-33)32(19-23-14-9-17-36-23)27(22-12-5-2-6-13-22)28(35)29-18-21-10-3-1-4-11-21/h1-8,10-13,15-16,23,27H,9,14,17-20H2,(H,29,35). The highest BCUT2D eigenvalue weighted by Gasteiger charge is 2.34. The van der Waals surface area contributed by atoms with Crippen molar-refractivity contribution in [1.29, 1.82) is 0 Å². The number of carbonyl (C=O) groups excluding carboxylic acids is 2. The molecule has 2 atom stereocenters. The first-order valence-corrected chi connectivity index (χ1v) is 12.2. The van der Waals surface area contributed by atoms with Crippen molar-refractivity contribution >= 4 is 22.8 Å². The molecule has 2 amide bonds. The van der Waals surface area contributed by atoms with Crippen molar-refractivity contribution in [3.05, 3.63) is 96.1 Å². The minimum atomic E-state index is -0.804. The Labute approximate surface area is 209 Å². The summed E-state index contributed by atoms with van der Waals surface area (Å²) in [4.78, 5) is 29.1. The van der Waals surface area contributed by atoms with E-state index in [0.717, 1.165) is 35.0 Å². The topological polar surface area (TPSA) is 89.4 Å². The number of fused-ring (bicyclic) bond motifs is 1. The van der Waals surface area contributed by atoms with Crippen LogP contribution in [0, 0.1) is 0 Å². The normalized spacial score (nSPS) is 16.1. The van der Waals surface area contributed by atoms with Gasteiger partial charge in [-0.2, -0.15) is 0 Å². The zero-order chi connectivity index (χ0) is 24.7. The molecule has 5 rings (SSSR count). The fourth-order valence-electron chi connectivity index (χ4n) is 4.60. The molecule has 0 saturated carbocycles. The van der Waals surface area contributed by atoms with Crippen LogP contribution >= 0.6 is 0 Å². The zero-order valence-electron chi connectivity index (χ0n) is 20.0.